The Bertz CT molecular complexity index is 930. The largest absolute Gasteiger partial charge is 0.329 e. The maximum atomic E-state index is 12.1. The van der Waals surface area contributed by atoms with E-state index in [4.69, 9.17) is 0 Å². The molecule has 8 heteroatoms. The number of nitrogens with zero attached hydrogens (tertiary/aromatic N) is 2. The van der Waals surface area contributed by atoms with E-state index in [2.05, 4.69) is 37.8 Å². The molecule has 6 nitrogen and oxygen atoms in total. The highest BCUT2D eigenvalue weighted by atomic mass is 79.9. The van der Waals surface area contributed by atoms with E-state index in [1.165, 1.54) is 17.6 Å². The summed E-state index contributed by atoms with van der Waals surface area (Å²) in [6, 6.07) is 9.51. The summed E-state index contributed by atoms with van der Waals surface area (Å²) in [5.74, 6) is -1.73. The van der Waals surface area contributed by atoms with E-state index in [9.17, 15) is 14.9 Å². The second kappa shape index (κ2) is 8.25. The smallest absolute Gasteiger partial charge is 0.308 e. The summed E-state index contributed by atoms with van der Waals surface area (Å²) in [5, 5.41) is 16.2. The molecule has 0 aliphatic heterocycles. The van der Waals surface area contributed by atoms with E-state index in [0.29, 0.717) is 10.6 Å². The summed E-state index contributed by atoms with van der Waals surface area (Å²) in [6.45, 7) is 0. The Morgan fingerprint density at radius 3 is 2.77 bits per heavy atom. The predicted molar refractivity (Wildman–Crippen MR) is 104 cm³/mol. The van der Waals surface area contributed by atoms with Gasteiger partial charge in [-0.1, -0.05) is 34.1 Å². The molecule has 0 unspecified atom stereocenters. The third-order valence-corrected chi connectivity index (χ3v) is 5.92. The van der Waals surface area contributed by atoms with Gasteiger partial charge in [0.25, 0.3) is 0 Å². The van der Waals surface area contributed by atoms with Crippen LogP contribution in [0.5, 0.6) is 0 Å². The van der Waals surface area contributed by atoms with Gasteiger partial charge < -0.3 is 5.32 Å². The molecule has 1 aliphatic carbocycles. The Hall–Kier alpha value is -2.50. The van der Waals surface area contributed by atoms with Crippen LogP contribution in [-0.2, 0) is 22.4 Å². The maximum Gasteiger partial charge on any atom is 0.329 e. The summed E-state index contributed by atoms with van der Waals surface area (Å²) in [7, 11) is 0. The minimum Gasteiger partial charge on any atom is -0.308 e. The number of aryl methyl sites for hydroxylation is 1. The van der Waals surface area contributed by atoms with Crippen molar-refractivity contribution in [1.29, 1.82) is 5.26 Å². The molecule has 0 saturated heterocycles. The molecular weight excluding hydrogens is 416 g/mol. The van der Waals surface area contributed by atoms with Crippen molar-refractivity contribution in [3.05, 3.63) is 50.3 Å². The first kappa shape index (κ1) is 18.3. The first-order chi connectivity index (χ1) is 12.6. The van der Waals surface area contributed by atoms with E-state index in [1.807, 2.05) is 24.3 Å². The van der Waals surface area contributed by atoms with Crippen molar-refractivity contribution in [2.75, 3.05) is 5.32 Å². The second-order valence-corrected chi connectivity index (χ2v) is 7.66. The van der Waals surface area contributed by atoms with Gasteiger partial charge in [0.15, 0.2) is 0 Å². The van der Waals surface area contributed by atoms with E-state index < -0.39 is 11.8 Å². The standard InChI is InChI=1S/C18H15BrN4O2S/c19-14-7-3-1-5-11(14)10-21-23-17(25)16(24)22-18-13(9-20)12-6-2-4-8-15(12)26-18/h1,3,5,7,10H,2,4,6,8H2,(H,22,24)(H,23,25). The number of carbonyl (C=O) groups excluding carboxylic acids is 2. The highest BCUT2D eigenvalue weighted by molar-refractivity contribution is 9.10. The molecule has 2 N–H and O–H groups in total. The molecule has 1 heterocycles. The van der Waals surface area contributed by atoms with E-state index in [-0.39, 0.29) is 0 Å². The minimum atomic E-state index is -0.886. The van der Waals surface area contributed by atoms with E-state index in [1.54, 1.807) is 0 Å². The molecule has 26 heavy (non-hydrogen) atoms. The molecule has 132 valence electrons. The molecule has 1 aromatic carbocycles. The lowest BCUT2D eigenvalue weighted by Gasteiger charge is -2.09. The van der Waals surface area contributed by atoms with Crippen LogP contribution in [0.2, 0.25) is 0 Å². The van der Waals surface area contributed by atoms with Gasteiger partial charge >= 0.3 is 11.8 Å². The highest BCUT2D eigenvalue weighted by Gasteiger charge is 2.23. The fraction of sp³-hybridized carbons (Fsp3) is 0.222. The number of benzene rings is 1. The number of anilines is 1. The van der Waals surface area contributed by atoms with Crippen LogP contribution in [0, 0.1) is 11.3 Å². The third-order valence-electron chi connectivity index (χ3n) is 3.99. The van der Waals surface area contributed by atoms with Crippen molar-refractivity contribution in [2.24, 2.45) is 5.10 Å². The molecule has 0 radical (unpaired) electrons. The van der Waals surface area contributed by atoms with Crippen LogP contribution in [0.3, 0.4) is 0 Å². The highest BCUT2D eigenvalue weighted by Crippen LogP contribution is 2.37. The normalized spacial score (nSPS) is 13.1. The van der Waals surface area contributed by atoms with Crippen LogP contribution >= 0.6 is 27.3 Å². The molecule has 0 saturated carbocycles. The number of thiophene rings is 1. The Kier molecular flexibility index (Phi) is 5.81. The van der Waals surface area contributed by atoms with Gasteiger partial charge in [-0.25, -0.2) is 5.43 Å². The number of carbonyl (C=O) groups is 2. The van der Waals surface area contributed by atoms with E-state index in [0.717, 1.165) is 46.2 Å². The Labute approximate surface area is 163 Å². The van der Waals surface area contributed by atoms with Gasteiger partial charge in [-0.2, -0.15) is 10.4 Å². The molecule has 3 rings (SSSR count). The zero-order chi connectivity index (χ0) is 18.5. The number of hydrogen-bond acceptors (Lipinski definition) is 5. The van der Waals surface area contributed by atoms with Gasteiger partial charge in [0.1, 0.15) is 11.1 Å². The molecule has 0 fully saturated rings. The lowest BCUT2D eigenvalue weighted by molar-refractivity contribution is -0.136. The second-order valence-electron chi connectivity index (χ2n) is 5.70. The van der Waals surface area contributed by atoms with Gasteiger partial charge in [-0.15, -0.1) is 11.3 Å². The van der Waals surface area contributed by atoms with Crippen LogP contribution in [0.4, 0.5) is 5.00 Å². The predicted octanol–water partition coefficient (Wildman–Crippen LogP) is 3.35. The summed E-state index contributed by atoms with van der Waals surface area (Å²) in [5.41, 5.74) is 4.45. The topological polar surface area (TPSA) is 94.4 Å². The summed E-state index contributed by atoms with van der Waals surface area (Å²) in [6.07, 6.45) is 5.31. The minimum absolute atomic E-state index is 0.439. The third kappa shape index (κ3) is 4.00. The molecule has 1 aromatic heterocycles. The number of halogens is 1. The van der Waals surface area contributed by atoms with Crippen molar-refractivity contribution in [3.8, 4) is 6.07 Å². The average Bonchev–Trinajstić information content (AvgIpc) is 3.00. The van der Waals surface area contributed by atoms with Crippen molar-refractivity contribution in [2.45, 2.75) is 25.7 Å². The number of hydrogen-bond donors (Lipinski definition) is 2. The first-order valence-corrected chi connectivity index (χ1v) is 9.64. The Morgan fingerprint density at radius 1 is 1.23 bits per heavy atom. The van der Waals surface area contributed by atoms with Crippen LogP contribution < -0.4 is 10.7 Å². The van der Waals surface area contributed by atoms with Crippen LogP contribution in [-0.4, -0.2) is 18.0 Å². The van der Waals surface area contributed by atoms with Gasteiger partial charge in [-0.3, -0.25) is 9.59 Å². The summed E-state index contributed by atoms with van der Waals surface area (Å²) in [4.78, 5) is 25.2. The van der Waals surface area contributed by atoms with Gasteiger partial charge in [0.05, 0.1) is 11.8 Å². The first-order valence-electron chi connectivity index (χ1n) is 8.03. The fourth-order valence-electron chi connectivity index (χ4n) is 2.72. The monoisotopic (exact) mass is 430 g/mol. The number of amides is 2. The Morgan fingerprint density at radius 2 is 2.00 bits per heavy atom. The Balaban J connectivity index is 1.65. The SMILES string of the molecule is N#Cc1c(NC(=O)C(=O)NN=Cc2ccccc2Br)sc2c1CCCC2. The number of hydrazone groups is 1. The number of nitrogens with one attached hydrogen (secondary N) is 2. The van der Waals surface area contributed by atoms with Crippen LogP contribution in [0.25, 0.3) is 0 Å². The van der Waals surface area contributed by atoms with E-state index >= 15 is 0 Å². The fourth-order valence-corrected chi connectivity index (χ4v) is 4.35. The summed E-state index contributed by atoms with van der Waals surface area (Å²) >= 11 is 4.74. The van der Waals surface area contributed by atoms with Crippen molar-refractivity contribution in [1.82, 2.24) is 5.43 Å². The molecule has 1 aliphatic rings. The molecule has 0 bridgehead atoms. The van der Waals surface area contributed by atoms with Gasteiger partial charge in [0.2, 0.25) is 0 Å². The van der Waals surface area contributed by atoms with Gasteiger partial charge in [0, 0.05) is 14.9 Å². The van der Waals surface area contributed by atoms with Crippen molar-refractivity contribution in [3.63, 3.8) is 0 Å². The quantitative estimate of drug-likeness (QED) is 0.443. The molecule has 2 aromatic rings. The number of fused-ring (bicyclic) bond motifs is 1. The van der Waals surface area contributed by atoms with Crippen molar-refractivity contribution < 1.29 is 9.59 Å². The maximum absolute atomic E-state index is 12.1. The lowest BCUT2D eigenvalue weighted by atomic mass is 9.96. The van der Waals surface area contributed by atoms with Crippen LogP contribution in [0.15, 0.2) is 33.8 Å². The van der Waals surface area contributed by atoms with Gasteiger partial charge in [-0.05, 0) is 37.3 Å². The summed E-state index contributed by atoms with van der Waals surface area (Å²) < 4.78 is 0.824. The molecule has 2 amide bonds. The average molecular weight is 431 g/mol. The zero-order valence-electron chi connectivity index (χ0n) is 13.7. The van der Waals surface area contributed by atoms with Crippen molar-refractivity contribution >= 4 is 50.3 Å². The number of nitriles is 1. The molecule has 0 atom stereocenters. The lowest BCUT2D eigenvalue weighted by Crippen LogP contribution is -2.32. The molecular formula is C18H15BrN4O2S. The van der Waals surface area contributed by atoms with Crippen LogP contribution in [0.1, 0.15) is 34.4 Å². The molecule has 0 spiro atoms. The zero-order valence-corrected chi connectivity index (χ0v) is 16.1. The number of rotatable bonds is 3.